The first kappa shape index (κ1) is 15.8. The Morgan fingerprint density at radius 3 is 2.90 bits per heavy atom. The molecule has 0 bridgehead atoms. The minimum Gasteiger partial charge on any atom is -0.378 e. The van der Waals surface area contributed by atoms with Crippen LogP contribution in [0.1, 0.15) is 16.1 Å². The molecule has 0 aliphatic carbocycles. The van der Waals surface area contributed by atoms with Crippen molar-refractivity contribution in [3.63, 3.8) is 0 Å². The van der Waals surface area contributed by atoms with Crippen molar-refractivity contribution in [1.82, 2.24) is 15.3 Å². The third-order valence-corrected chi connectivity index (χ3v) is 3.70. The van der Waals surface area contributed by atoms with Gasteiger partial charge in [0.15, 0.2) is 0 Å². The van der Waals surface area contributed by atoms with Crippen LogP contribution in [0.5, 0.6) is 0 Å². The Morgan fingerprint density at radius 2 is 2.24 bits per heavy atom. The molecule has 1 aliphatic heterocycles. The van der Waals surface area contributed by atoms with Gasteiger partial charge in [-0.2, -0.15) is 0 Å². The highest BCUT2D eigenvalue weighted by Gasteiger charge is 2.34. The zero-order valence-corrected chi connectivity index (χ0v) is 12.5. The lowest BCUT2D eigenvalue weighted by Gasteiger charge is -2.36. The highest BCUT2D eigenvalue weighted by Crippen LogP contribution is 2.19. The number of rotatable bonds is 5. The van der Waals surface area contributed by atoms with Crippen LogP contribution in [0.3, 0.4) is 0 Å². The number of aryl methyl sites for hydroxylation is 1. The Balaban J connectivity index is 1.95. The molecule has 7 nitrogen and oxygen atoms in total. The molecule has 116 valence electrons. The van der Waals surface area contributed by atoms with Crippen LogP contribution < -0.4 is 5.32 Å². The number of methoxy groups -OCH3 is 2. The molecule has 1 aromatic rings. The third-order valence-electron chi connectivity index (χ3n) is 3.70. The SMILES string of the molecule is CO[C@H]1[C@H](CNC(=O)c2cncnc2C)COC[C@H]1OC. The van der Waals surface area contributed by atoms with Gasteiger partial charge in [-0.05, 0) is 6.92 Å². The average molecular weight is 295 g/mol. The van der Waals surface area contributed by atoms with Gasteiger partial charge in [-0.25, -0.2) is 9.97 Å². The van der Waals surface area contributed by atoms with E-state index in [0.29, 0.717) is 31.0 Å². The van der Waals surface area contributed by atoms with Gasteiger partial charge in [-0.1, -0.05) is 0 Å². The van der Waals surface area contributed by atoms with Crippen molar-refractivity contribution >= 4 is 5.91 Å². The van der Waals surface area contributed by atoms with Crippen LogP contribution >= 0.6 is 0 Å². The van der Waals surface area contributed by atoms with Gasteiger partial charge in [0.05, 0.1) is 30.6 Å². The van der Waals surface area contributed by atoms with Crippen molar-refractivity contribution in [3.8, 4) is 0 Å². The molecule has 0 saturated carbocycles. The average Bonchev–Trinajstić information content (AvgIpc) is 2.52. The second-order valence-electron chi connectivity index (χ2n) is 5.00. The summed E-state index contributed by atoms with van der Waals surface area (Å²) in [6, 6.07) is 0. The summed E-state index contributed by atoms with van der Waals surface area (Å²) in [4.78, 5) is 20.0. The minimum atomic E-state index is -0.192. The number of hydrogen-bond donors (Lipinski definition) is 1. The number of nitrogens with one attached hydrogen (secondary N) is 1. The van der Waals surface area contributed by atoms with Crippen LogP contribution in [0.25, 0.3) is 0 Å². The van der Waals surface area contributed by atoms with Gasteiger partial charge >= 0.3 is 0 Å². The van der Waals surface area contributed by atoms with Crippen LogP contribution in [0, 0.1) is 12.8 Å². The molecule has 1 N–H and O–H groups in total. The lowest BCUT2D eigenvalue weighted by molar-refractivity contribution is -0.145. The first-order chi connectivity index (χ1) is 10.2. The normalized spacial score (nSPS) is 25.6. The van der Waals surface area contributed by atoms with Gasteiger partial charge in [-0.3, -0.25) is 4.79 Å². The Hall–Kier alpha value is -1.57. The lowest BCUT2D eigenvalue weighted by Crippen LogP contribution is -2.50. The molecule has 2 heterocycles. The summed E-state index contributed by atoms with van der Waals surface area (Å²) in [6.45, 7) is 3.26. The molecule has 21 heavy (non-hydrogen) atoms. The van der Waals surface area contributed by atoms with Crippen molar-refractivity contribution in [1.29, 1.82) is 0 Å². The fraction of sp³-hybridized carbons (Fsp3) is 0.643. The Labute approximate surface area is 124 Å². The maximum Gasteiger partial charge on any atom is 0.254 e. The van der Waals surface area contributed by atoms with Gasteiger partial charge in [0.1, 0.15) is 12.4 Å². The van der Waals surface area contributed by atoms with Crippen molar-refractivity contribution in [2.45, 2.75) is 19.1 Å². The number of nitrogens with zero attached hydrogens (tertiary/aromatic N) is 2. The molecule has 0 spiro atoms. The predicted octanol–water partition coefficient (Wildman–Crippen LogP) is 0.191. The van der Waals surface area contributed by atoms with Crippen LogP contribution in [0.15, 0.2) is 12.5 Å². The number of ether oxygens (including phenoxy) is 3. The summed E-state index contributed by atoms with van der Waals surface area (Å²) in [5, 5.41) is 2.88. The van der Waals surface area contributed by atoms with E-state index in [9.17, 15) is 4.79 Å². The summed E-state index contributed by atoms with van der Waals surface area (Å²) >= 11 is 0. The van der Waals surface area contributed by atoms with Gasteiger partial charge in [0.2, 0.25) is 0 Å². The van der Waals surface area contributed by atoms with E-state index >= 15 is 0 Å². The van der Waals surface area contributed by atoms with Gasteiger partial charge in [0.25, 0.3) is 5.91 Å². The van der Waals surface area contributed by atoms with Crippen LogP contribution in [0.4, 0.5) is 0 Å². The van der Waals surface area contributed by atoms with Crippen LogP contribution in [0.2, 0.25) is 0 Å². The fourth-order valence-corrected chi connectivity index (χ4v) is 2.48. The molecular weight excluding hydrogens is 274 g/mol. The first-order valence-electron chi connectivity index (χ1n) is 6.85. The molecule has 1 saturated heterocycles. The standard InChI is InChI=1S/C14H21N3O4/c1-9-11(5-15-8-17-9)14(18)16-4-10-6-21-7-12(19-2)13(10)20-3/h5,8,10,12-13H,4,6-7H2,1-3H3,(H,16,18)/t10-,12-,13+/m1/s1. The molecular formula is C14H21N3O4. The summed E-state index contributed by atoms with van der Waals surface area (Å²) in [5.41, 5.74) is 1.13. The van der Waals surface area contributed by atoms with E-state index in [1.807, 2.05) is 0 Å². The number of carbonyl (C=O) groups is 1. The molecule has 0 aromatic carbocycles. The van der Waals surface area contributed by atoms with Crippen LogP contribution in [-0.4, -0.2) is 62.1 Å². The summed E-state index contributed by atoms with van der Waals surface area (Å²) in [5.74, 6) is -0.148. The van der Waals surface area contributed by atoms with Gasteiger partial charge in [0, 0.05) is 32.9 Å². The molecule has 3 atom stereocenters. The molecule has 7 heteroatoms. The zero-order valence-electron chi connectivity index (χ0n) is 12.5. The second kappa shape index (κ2) is 7.44. The number of carbonyl (C=O) groups excluding carboxylic acids is 1. The van der Waals surface area contributed by atoms with E-state index in [2.05, 4.69) is 15.3 Å². The molecule has 1 aliphatic rings. The van der Waals surface area contributed by atoms with Gasteiger partial charge < -0.3 is 19.5 Å². The van der Waals surface area contributed by atoms with E-state index in [1.54, 1.807) is 21.1 Å². The second-order valence-corrected chi connectivity index (χ2v) is 5.00. The molecule has 0 radical (unpaired) electrons. The third kappa shape index (κ3) is 3.75. The molecule has 1 amide bonds. The maximum atomic E-state index is 12.2. The predicted molar refractivity (Wildman–Crippen MR) is 75.0 cm³/mol. The Kier molecular flexibility index (Phi) is 5.60. The van der Waals surface area contributed by atoms with Crippen molar-refractivity contribution in [3.05, 3.63) is 23.8 Å². The number of aromatic nitrogens is 2. The van der Waals surface area contributed by atoms with E-state index in [0.717, 1.165) is 0 Å². The quantitative estimate of drug-likeness (QED) is 0.835. The smallest absolute Gasteiger partial charge is 0.254 e. The lowest BCUT2D eigenvalue weighted by atomic mass is 9.96. The monoisotopic (exact) mass is 295 g/mol. The van der Waals surface area contributed by atoms with E-state index in [4.69, 9.17) is 14.2 Å². The van der Waals surface area contributed by atoms with E-state index in [-0.39, 0.29) is 24.0 Å². The summed E-state index contributed by atoms with van der Waals surface area (Å²) < 4.78 is 16.3. The zero-order chi connectivity index (χ0) is 15.2. The van der Waals surface area contributed by atoms with Crippen molar-refractivity contribution in [2.75, 3.05) is 34.0 Å². The Bertz CT molecular complexity index is 483. The molecule has 1 aromatic heterocycles. The fourth-order valence-electron chi connectivity index (χ4n) is 2.48. The molecule has 0 unspecified atom stereocenters. The Morgan fingerprint density at radius 1 is 1.43 bits per heavy atom. The first-order valence-corrected chi connectivity index (χ1v) is 6.85. The molecule has 1 fully saturated rings. The molecule has 2 rings (SSSR count). The highest BCUT2D eigenvalue weighted by atomic mass is 16.6. The summed E-state index contributed by atoms with van der Waals surface area (Å²) in [6.07, 6.45) is 2.72. The van der Waals surface area contributed by atoms with Crippen molar-refractivity contribution in [2.24, 2.45) is 5.92 Å². The van der Waals surface area contributed by atoms with Crippen LogP contribution in [-0.2, 0) is 14.2 Å². The van der Waals surface area contributed by atoms with Crippen molar-refractivity contribution < 1.29 is 19.0 Å². The van der Waals surface area contributed by atoms with E-state index in [1.165, 1.54) is 12.5 Å². The minimum absolute atomic E-state index is 0.0441. The largest absolute Gasteiger partial charge is 0.378 e. The highest BCUT2D eigenvalue weighted by molar-refractivity contribution is 5.94. The van der Waals surface area contributed by atoms with E-state index < -0.39 is 0 Å². The topological polar surface area (TPSA) is 82.6 Å². The number of hydrogen-bond acceptors (Lipinski definition) is 6. The maximum absolute atomic E-state index is 12.2. The summed E-state index contributed by atoms with van der Waals surface area (Å²) in [7, 11) is 3.28. The van der Waals surface area contributed by atoms with Gasteiger partial charge in [-0.15, -0.1) is 0 Å². The number of amides is 1.